The van der Waals surface area contributed by atoms with Gasteiger partial charge in [0.05, 0.1) is 24.7 Å². The summed E-state index contributed by atoms with van der Waals surface area (Å²) in [7, 11) is 0. The van der Waals surface area contributed by atoms with E-state index in [1.54, 1.807) is 6.07 Å². The summed E-state index contributed by atoms with van der Waals surface area (Å²) >= 11 is 0. The number of carbonyl (C=O) groups excluding carboxylic acids is 1. The summed E-state index contributed by atoms with van der Waals surface area (Å²) in [6.07, 6.45) is 3.80. The molecule has 0 bridgehead atoms. The van der Waals surface area contributed by atoms with Gasteiger partial charge in [0.25, 0.3) is 0 Å². The fraction of sp³-hybridized carbons (Fsp3) is 0.579. The third-order valence-electron chi connectivity index (χ3n) is 4.34. The lowest BCUT2D eigenvalue weighted by molar-refractivity contribution is -0.149. The van der Waals surface area contributed by atoms with E-state index in [9.17, 15) is 4.79 Å². The fourth-order valence-electron chi connectivity index (χ4n) is 2.96. The molecule has 5 heteroatoms. The predicted octanol–water partition coefficient (Wildman–Crippen LogP) is 2.99. The zero-order chi connectivity index (χ0) is 17.2. The standard InChI is InChI=1S/C19H26N2O3/c1-2-23-19(22)16-9-12-21(13-10-16)11-5-6-14-24-18-8-4-3-7-17(18)15-20/h3-4,7-8,16H,2,5-6,9-14H2,1H3. The van der Waals surface area contributed by atoms with Crippen molar-refractivity contribution in [2.45, 2.75) is 32.6 Å². The number of likely N-dealkylation sites (tertiary alicyclic amines) is 1. The van der Waals surface area contributed by atoms with E-state index in [0.29, 0.717) is 24.5 Å². The van der Waals surface area contributed by atoms with Crippen LogP contribution in [0.1, 0.15) is 38.2 Å². The number of nitriles is 1. The number of para-hydroxylation sites is 1. The van der Waals surface area contributed by atoms with E-state index in [1.807, 2.05) is 25.1 Å². The first-order chi connectivity index (χ1) is 11.7. The van der Waals surface area contributed by atoms with Crippen molar-refractivity contribution >= 4 is 5.97 Å². The lowest BCUT2D eigenvalue weighted by Crippen LogP contribution is -2.37. The average Bonchev–Trinajstić information content (AvgIpc) is 2.62. The molecule has 0 aromatic heterocycles. The number of hydrogen-bond donors (Lipinski definition) is 0. The average molecular weight is 330 g/mol. The first kappa shape index (κ1) is 18.3. The van der Waals surface area contributed by atoms with Crippen LogP contribution < -0.4 is 4.74 Å². The van der Waals surface area contributed by atoms with Crippen LogP contribution in [0.4, 0.5) is 0 Å². The van der Waals surface area contributed by atoms with Crippen molar-refractivity contribution in [1.82, 2.24) is 4.90 Å². The van der Waals surface area contributed by atoms with Gasteiger partial charge in [-0.2, -0.15) is 5.26 Å². The van der Waals surface area contributed by atoms with Gasteiger partial charge in [0, 0.05) is 0 Å². The number of ether oxygens (including phenoxy) is 2. The topological polar surface area (TPSA) is 62.6 Å². The molecule has 1 aliphatic heterocycles. The van der Waals surface area contributed by atoms with Crippen molar-refractivity contribution in [1.29, 1.82) is 5.26 Å². The lowest BCUT2D eigenvalue weighted by Gasteiger charge is -2.30. The van der Waals surface area contributed by atoms with Crippen LogP contribution >= 0.6 is 0 Å². The van der Waals surface area contributed by atoms with Crippen LogP contribution in [0.2, 0.25) is 0 Å². The second-order valence-corrected chi connectivity index (χ2v) is 6.03. The maximum atomic E-state index is 11.7. The van der Waals surface area contributed by atoms with Crippen molar-refractivity contribution in [2.24, 2.45) is 5.92 Å². The molecule has 0 amide bonds. The van der Waals surface area contributed by atoms with Crippen LogP contribution in [0.15, 0.2) is 24.3 Å². The maximum Gasteiger partial charge on any atom is 0.309 e. The van der Waals surface area contributed by atoms with Crippen molar-refractivity contribution in [3.8, 4) is 11.8 Å². The molecule has 1 aromatic carbocycles. The van der Waals surface area contributed by atoms with Crippen LogP contribution in [0.3, 0.4) is 0 Å². The molecule has 0 radical (unpaired) electrons. The Kier molecular flexibility index (Phi) is 7.57. The second kappa shape index (κ2) is 9.94. The Morgan fingerprint density at radius 3 is 2.75 bits per heavy atom. The molecule has 0 saturated carbocycles. The van der Waals surface area contributed by atoms with Gasteiger partial charge in [-0.3, -0.25) is 4.79 Å². The Labute approximate surface area is 144 Å². The Morgan fingerprint density at radius 2 is 2.04 bits per heavy atom. The van der Waals surface area contributed by atoms with E-state index < -0.39 is 0 Å². The number of benzene rings is 1. The van der Waals surface area contributed by atoms with Crippen LogP contribution in [-0.2, 0) is 9.53 Å². The van der Waals surface area contributed by atoms with Crippen LogP contribution in [0, 0.1) is 17.2 Å². The van der Waals surface area contributed by atoms with Gasteiger partial charge in [-0.1, -0.05) is 12.1 Å². The summed E-state index contributed by atoms with van der Waals surface area (Å²) < 4.78 is 10.8. The molecule has 0 N–H and O–H groups in total. The number of carbonyl (C=O) groups is 1. The molecule has 2 rings (SSSR count). The number of hydrogen-bond acceptors (Lipinski definition) is 5. The zero-order valence-corrected chi connectivity index (χ0v) is 14.4. The molecule has 5 nitrogen and oxygen atoms in total. The summed E-state index contributed by atoms with van der Waals surface area (Å²) in [6, 6.07) is 9.46. The SMILES string of the molecule is CCOC(=O)C1CCN(CCCCOc2ccccc2C#N)CC1. The van der Waals surface area contributed by atoms with E-state index in [4.69, 9.17) is 14.7 Å². The summed E-state index contributed by atoms with van der Waals surface area (Å²) in [6.45, 7) is 5.89. The normalized spacial score (nSPS) is 15.7. The molecule has 1 fully saturated rings. The third-order valence-corrected chi connectivity index (χ3v) is 4.34. The molecule has 0 aliphatic carbocycles. The van der Waals surface area contributed by atoms with Crippen molar-refractivity contribution in [2.75, 3.05) is 32.8 Å². The van der Waals surface area contributed by atoms with Crippen molar-refractivity contribution < 1.29 is 14.3 Å². The summed E-state index contributed by atoms with van der Waals surface area (Å²) in [5.74, 6) is 0.698. The Hall–Kier alpha value is -2.06. The molecule has 1 aromatic rings. The van der Waals surface area contributed by atoms with Crippen molar-refractivity contribution in [3.05, 3.63) is 29.8 Å². The van der Waals surface area contributed by atoms with Gasteiger partial charge in [-0.25, -0.2) is 0 Å². The maximum absolute atomic E-state index is 11.7. The highest BCUT2D eigenvalue weighted by molar-refractivity contribution is 5.72. The Balaban J connectivity index is 1.59. The van der Waals surface area contributed by atoms with E-state index in [-0.39, 0.29) is 11.9 Å². The molecular weight excluding hydrogens is 304 g/mol. The highest BCUT2D eigenvalue weighted by Gasteiger charge is 2.25. The minimum atomic E-state index is -0.0401. The summed E-state index contributed by atoms with van der Waals surface area (Å²) in [4.78, 5) is 14.1. The number of rotatable bonds is 8. The van der Waals surface area contributed by atoms with E-state index >= 15 is 0 Å². The Morgan fingerprint density at radius 1 is 1.29 bits per heavy atom. The van der Waals surface area contributed by atoms with E-state index in [0.717, 1.165) is 45.3 Å². The molecule has 130 valence electrons. The molecule has 1 heterocycles. The van der Waals surface area contributed by atoms with Crippen LogP contribution in [0.25, 0.3) is 0 Å². The molecule has 24 heavy (non-hydrogen) atoms. The van der Waals surface area contributed by atoms with Gasteiger partial charge >= 0.3 is 5.97 Å². The molecule has 0 spiro atoms. The lowest BCUT2D eigenvalue weighted by atomic mass is 9.97. The van der Waals surface area contributed by atoms with Crippen molar-refractivity contribution in [3.63, 3.8) is 0 Å². The van der Waals surface area contributed by atoms with E-state index in [1.165, 1.54) is 0 Å². The van der Waals surface area contributed by atoms with Gasteiger partial charge in [0.15, 0.2) is 0 Å². The van der Waals surface area contributed by atoms with Crippen LogP contribution in [-0.4, -0.2) is 43.7 Å². The van der Waals surface area contributed by atoms with E-state index in [2.05, 4.69) is 11.0 Å². The number of piperidine rings is 1. The quantitative estimate of drug-likeness (QED) is 0.541. The predicted molar refractivity (Wildman–Crippen MR) is 91.7 cm³/mol. The van der Waals surface area contributed by atoms with Gasteiger partial charge in [-0.05, 0) is 64.4 Å². The third kappa shape index (κ3) is 5.54. The number of nitrogens with zero attached hydrogens (tertiary/aromatic N) is 2. The zero-order valence-electron chi connectivity index (χ0n) is 14.4. The summed E-state index contributed by atoms with van der Waals surface area (Å²) in [5.41, 5.74) is 0.582. The van der Waals surface area contributed by atoms with Gasteiger partial charge < -0.3 is 14.4 Å². The second-order valence-electron chi connectivity index (χ2n) is 6.03. The molecule has 0 atom stereocenters. The molecule has 1 aliphatic rings. The first-order valence-corrected chi connectivity index (χ1v) is 8.75. The first-order valence-electron chi connectivity index (χ1n) is 8.75. The number of esters is 1. The minimum absolute atomic E-state index is 0.0401. The Bertz CT molecular complexity index is 560. The van der Waals surface area contributed by atoms with Gasteiger partial charge in [-0.15, -0.1) is 0 Å². The largest absolute Gasteiger partial charge is 0.492 e. The van der Waals surface area contributed by atoms with Gasteiger partial charge in [0.2, 0.25) is 0 Å². The monoisotopic (exact) mass is 330 g/mol. The highest BCUT2D eigenvalue weighted by Crippen LogP contribution is 2.19. The molecular formula is C19H26N2O3. The molecule has 1 saturated heterocycles. The minimum Gasteiger partial charge on any atom is -0.492 e. The van der Waals surface area contributed by atoms with Crippen LogP contribution in [0.5, 0.6) is 5.75 Å². The van der Waals surface area contributed by atoms with Gasteiger partial charge in [0.1, 0.15) is 11.8 Å². The smallest absolute Gasteiger partial charge is 0.309 e. The fourth-order valence-corrected chi connectivity index (χ4v) is 2.96. The highest BCUT2D eigenvalue weighted by atomic mass is 16.5. The number of unbranched alkanes of at least 4 members (excludes halogenated alkanes) is 1. The summed E-state index contributed by atoms with van der Waals surface area (Å²) in [5, 5.41) is 9.02. The molecule has 0 unspecified atom stereocenters.